The molecule has 0 unspecified atom stereocenters. The zero-order chi connectivity index (χ0) is 18.1. The lowest BCUT2D eigenvalue weighted by atomic mass is 10.1. The molecule has 2 aromatic carbocycles. The molecule has 2 heterocycles. The maximum absolute atomic E-state index is 12.1. The first-order chi connectivity index (χ1) is 12.6. The third kappa shape index (κ3) is 2.98. The lowest BCUT2D eigenvalue weighted by molar-refractivity contribution is -0.133. The van der Waals surface area contributed by atoms with Crippen LogP contribution in [0.25, 0.3) is 21.7 Å². The number of esters is 1. The average molecular weight is 348 g/mol. The highest BCUT2D eigenvalue weighted by molar-refractivity contribution is 6.05. The number of hydrogen-bond acceptors (Lipinski definition) is 7. The molecule has 0 saturated carbocycles. The van der Waals surface area contributed by atoms with E-state index in [0.717, 1.165) is 0 Å². The minimum absolute atomic E-state index is 0.0151. The molecular weight excluding hydrogens is 336 g/mol. The number of nitrogens with zero attached hydrogens (tertiary/aromatic N) is 2. The minimum atomic E-state index is -0.577. The molecule has 0 saturated heterocycles. The van der Waals surface area contributed by atoms with Crippen molar-refractivity contribution in [2.45, 2.75) is 6.42 Å². The van der Waals surface area contributed by atoms with E-state index in [9.17, 15) is 14.7 Å². The standard InChI is InChI=1S/C19H12N2O5/c22-12-3-5-14-15-6-4-13(10-17(15)26-19(24)16(14)9-12)25-18(23)8-11-2-1-7-20-21-11/h1-7,9-10,22H,8H2. The Bertz CT molecular complexity index is 1190. The van der Waals surface area contributed by atoms with Crippen molar-refractivity contribution in [3.05, 3.63) is 70.8 Å². The quantitative estimate of drug-likeness (QED) is 0.263. The molecule has 2 aromatic heterocycles. The van der Waals surface area contributed by atoms with Crippen LogP contribution in [0.3, 0.4) is 0 Å². The van der Waals surface area contributed by atoms with Gasteiger partial charge in [0.25, 0.3) is 0 Å². The van der Waals surface area contributed by atoms with E-state index in [2.05, 4.69) is 10.2 Å². The number of rotatable bonds is 3. The van der Waals surface area contributed by atoms with Crippen LogP contribution in [0.5, 0.6) is 11.5 Å². The normalized spacial score (nSPS) is 10.9. The van der Waals surface area contributed by atoms with Gasteiger partial charge in [0.05, 0.1) is 17.5 Å². The van der Waals surface area contributed by atoms with Crippen molar-refractivity contribution in [3.63, 3.8) is 0 Å². The number of carbonyl (C=O) groups excluding carboxylic acids is 1. The molecule has 0 amide bonds. The summed E-state index contributed by atoms with van der Waals surface area (Å²) in [6.45, 7) is 0. The minimum Gasteiger partial charge on any atom is -0.508 e. The Kier molecular flexibility index (Phi) is 3.81. The van der Waals surface area contributed by atoms with Gasteiger partial charge >= 0.3 is 11.6 Å². The maximum Gasteiger partial charge on any atom is 0.344 e. The third-order valence-electron chi connectivity index (χ3n) is 3.85. The van der Waals surface area contributed by atoms with Gasteiger partial charge in [0, 0.05) is 23.0 Å². The summed E-state index contributed by atoms with van der Waals surface area (Å²) in [4.78, 5) is 24.1. The van der Waals surface area contributed by atoms with Crippen molar-refractivity contribution in [2.24, 2.45) is 0 Å². The van der Waals surface area contributed by atoms with Crippen LogP contribution < -0.4 is 10.4 Å². The van der Waals surface area contributed by atoms with E-state index in [1.807, 2.05) is 0 Å². The molecule has 0 bridgehead atoms. The molecule has 7 heteroatoms. The predicted molar refractivity (Wildman–Crippen MR) is 93.0 cm³/mol. The van der Waals surface area contributed by atoms with Crippen molar-refractivity contribution in [3.8, 4) is 11.5 Å². The lowest BCUT2D eigenvalue weighted by Gasteiger charge is -2.07. The van der Waals surface area contributed by atoms with E-state index in [-0.39, 0.29) is 28.9 Å². The first-order valence-electron chi connectivity index (χ1n) is 7.77. The van der Waals surface area contributed by atoms with Crippen molar-refractivity contribution in [1.29, 1.82) is 0 Å². The van der Waals surface area contributed by atoms with Gasteiger partial charge in [-0.05, 0) is 42.5 Å². The van der Waals surface area contributed by atoms with Gasteiger partial charge in [-0.2, -0.15) is 10.2 Å². The monoisotopic (exact) mass is 348 g/mol. The summed E-state index contributed by atoms with van der Waals surface area (Å²) in [5, 5.41) is 18.7. The van der Waals surface area contributed by atoms with Crippen LogP contribution in [0.2, 0.25) is 0 Å². The smallest absolute Gasteiger partial charge is 0.344 e. The zero-order valence-corrected chi connectivity index (χ0v) is 13.4. The lowest BCUT2D eigenvalue weighted by Crippen LogP contribution is -2.12. The van der Waals surface area contributed by atoms with Gasteiger partial charge in [0.15, 0.2) is 0 Å². The summed E-state index contributed by atoms with van der Waals surface area (Å²) in [6.07, 6.45) is 1.50. The average Bonchev–Trinajstić information content (AvgIpc) is 2.62. The number of aromatic hydroxyl groups is 1. The van der Waals surface area contributed by atoms with E-state index < -0.39 is 11.6 Å². The van der Waals surface area contributed by atoms with Gasteiger partial charge in [-0.15, -0.1) is 0 Å². The Hall–Kier alpha value is -3.74. The fraction of sp³-hybridized carbons (Fsp3) is 0.0526. The highest BCUT2D eigenvalue weighted by Crippen LogP contribution is 2.28. The van der Waals surface area contributed by atoms with E-state index in [1.165, 1.54) is 24.4 Å². The van der Waals surface area contributed by atoms with E-state index >= 15 is 0 Å². The summed E-state index contributed by atoms with van der Waals surface area (Å²) < 4.78 is 10.6. The van der Waals surface area contributed by atoms with Crippen LogP contribution in [0.1, 0.15) is 5.69 Å². The fourth-order valence-electron chi connectivity index (χ4n) is 2.71. The Morgan fingerprint density at radius 2 is 1.92 bits per heavy atom. The fourth-order valence-corrected chi connectivity index (χ4v) is 2.71. The summed E-state index contributed by atoms with van der Waals surface area (Å²) in [7, 11) is 0. The molecule has 0 atom stereocenters. The van der Waals surface area contributed by atoms with Crippen LogP contribution in [0.4, 0.5) is 0 Å². The van der Waals surface area contributed by atoms with Crippen molar-refractivity contribution >= 4 is 27.7 Å². The van der Waals surface area contributed by atoms with Gasteiger partial charge in [-0.1, -0.05) is 0 Å². The van der Waals surface area contributed by atoms with Gasteiger partial charge in [-0.25, -0.2) is 4.79 Å². The maximum atomic E-state index is 12.1. The Morgan fingerprint density at radius 3 is 2.73 bits per heavy atom. The summed E-state index contributed by atoms with van der Waals surface area (Å²) in [5.41, 5.74) is 0.208. The Morgan fingerprint density at radius 1 is 1.08 bits per heavy atom. The molecule has 4 rings (SSSR count). The molecular formula is C19H12N2O5. The Balaban J connectivity index is 1.67. The van der Waals surface area contributed by atoms with Crippen LogP contribution in [-0.2, 0) is 11.2 Å². The molecule has 0 spiro atoms. The number of fused-ring (bicyclic) bond motifs is 3. The summed E-state index contributed by atoms with van der Waals surface area (Å²) in [5.74, 6) is -0.260. The first kappa shape index (κ1) is 15.8. The molecule has 0 aliphatic carbocycles. The second-order valence-electron chi connectivity index (χ2n) is 5.64. The number of aromatic nitrogens is 2. The van der Waals surface area contributed by atoms with Gasteiger partial charge < -0.3 is 14.3 Å². The van der Waals surface area contributed by atoms with Crippen LogP contribution in [-0.4, -0.2) is 21.3 Å². The molecule has 7 nitrogen and oxygen atoms in total. The van der Waals surface area contributed by atoms with E-state index in [0.29, 0.717) is 16.5 Å². The van der Waals surface area contributed by atoms with Crippen molar-refractivity contribution < 1.29 is 19.1 Å². The molecule has 1 N–H and O–H groups in total. The van der Waals surface area contributed by atoms with Crippen molar-refractivity contribution in [1.82, 2.24) is 10.2 Å². The number of benzene rings is 2. The largest absolute Gasteiger partial charge is 0.508 e. The number of phenols is 1. The SMILES string of the molecule is O=C(Cc1cccnn1)Oc1ccc2c(c1)oc(=O)c1cc(O)ccc12. The number of hydrogen-bond donors (Lipinski definition) is 1. The molecule has 26 heavy (non-hydrogen) atoms. The number of phenolic OH excluding ortho intramolecular Hbond substituents is 1. The summed E-state index contributed by atoms with van der Waals surface area (Å²) >= 11 is 0. The first-order valence-corrected chi connectivity index (χ1v) is 7.77. The van der Waals surface area contributed by atoms with Gasteiger partial charge in [0.1, 0.15) is 17.1 Å². The van der Waals surface area contributed by atoms with E-state index in [1.54, 1.807) is 30.3 Å². The summed E-state index contributed by atoms with van der Waals surface area (Å²) in [6, 6.07) is 12.6. The third-order valence-corrected chi connectivity index (χ3v) is 3.85. The molecule has 4 aromatic rings. The van der Waals surface area contributed by atoms with Crippen LogP contribution in [0.15, 0.2) is 63.9 Å². The van der Waals surface area contributed by atoms with Gasteiger partial charge in [-0.3, -0.25) is 4.79 Å². The molecule has 0 aliphatic rings. The zero-order valence-electron chi connectivity index (χ0n) is 13.4. The topological polar surface area (TPSA) is 103 Å². The highest BCUT2D eigenvalue weighted by Gasteiger charge is 2.12. The Labute approximate surface area is 146 Å². The second kappa shape index (κ2) is 6.29. The number of carbonyl (C=O) groups is 1. The van der Waals surface area contributed by atoms with Crippen LogP contribution in [0, 0.1) is 0 Å². The molecule has 0 aliphatic heterocycles. The molecule has 0 fully saturated rings. The predicted octanol–water partition coefficient (Wildman–Crippen LogP) is 2.59. The van der Waals surface area contributed by atoms with Gasteiger partial charge in [0.2, 0.25) is 0 Å². The molecule has 0 radical (unpaired) electrons. The van der Waals surface area contributed by atoms with Crippen LogP contribution >= 0.6 is 0 Å². The highest BCUT2D eigenvalue weighted by atomic mass is 16.5. The van der Waals surface area contributed by atoms with Crippen molar-refractivity contribution in [2.75, 3.05) is 0 Å². The molecule has 128 valence electrons. The van der Waals surface area contributed by atoms with E-state index in [4.69, 9.17) is 9.15 Å². The number of ether oxygens (including phenoxy) is 1. The second-order valence-corrected chi connectivity index (χ2v) is 5.64.